The molecule has 1 saturated heterocycles. The molecule has 1 heterocycles. The molecule has 2 aromatic rings. The Morgan fingerprint density at radius 3 is 2.81 bits per heavy atom. The molecule has 138 valence electrons. The van der Waals surface area contributed by atoms with Crippen LogP contribution in [0.15, 0.2) is 42.5 Å². The molecule has 27 heavy (non-hydrogen) atoms. The SMILES string of the molecule is Cc1cc(Cl)ccc1NC(=O)CN1C(=O)N[C@]2(CCc3ccccc32)C1=O. The van der Waals surface area contributed by atoms with Gasteiger partial charge in [-0.15, -0.1) is 0 Å². The second-order valence-electron chi connectivity index (χ2n) is 6.89. The highest BCUT2D eigenvalue weighted by Crippen LogP contribution is 2.41. The number of fused-ring (bicyclic) bond motifs is 2. The third kappa shape index (κ3) is 2.86. The van der Waals surface area contributed by atoms with Gasteiger partial charge in [-0.2, -0.15) is 0 Å². The predicted octanol–water partition coefficient (Wildman–Crippen LogP) is 2.98. The van der Waals surface area contributed by atoms with Crippen molar-refractivity contribution in [2.24, 2.45) is 0 Å². The van der Waals surface area contributed by atoms with Gasteiger partial charge in [0.1, 0.15) is 12.1 Å². The minimum Gasteiger partial charge on any atom is -0.324 e. The molecular formula is C20H18ClN3O3. The first-order chi connectivity index (χ1) is 12.9. The molecular weight excluding hydrogens is 366 g/mol. The maximum atomic E-state index is 13.0. The van der Waals surface area contributed by atoms with E-state index >= 15 is 0 Å². The van der Waals surface area contributed by atoms with E-state index in [-0.39, 0.29) is 12.5 Å². The first-order valence-electron chi connectivity index (χ1n) is 8.69. The smallest absolute Gasteiger partial charge is 0.324 e. The van der Waals surface area contributed by atoms with E-state index in [1.54, 1.807) is 18.2 Å². The zero-order valence-electron chi connectivity index (χ0n) is 14.7. The number of hydrogen-bond donors (Lipinski definition) is 2. The Hall–Kier alpha value is -2.86. The van der Waals surface area contributed by atoms with Gasteiger partial charge in [0.25, 0.3) is 5.91 Å². The van der Waals surface area contributed by atoms with Crippen LogP contribution in [0.3, 0.4) is 0 Å². The standard InChI is InChI=1S/C20H18ClN3O3/c1-12-10-14(21)6-7-16(12)22-17(25)11-24-18(26)20(23-19(24)27)9-8-13-4-2-3-5-15(13)20/h2-7,10H,8-9,11H2,1H3,(H,22,25)(H,23,27)/t20-/m0/s1. The average molecular weight is 384 g/mol. The minimum atomic E-state index is -1.05. The molecule has 0 unspecified atom stereocenters. The Labute approximate surface area is 161 Å². The number of carbonyl (C=O) groups excluding carboxylic acids is 3. The molecule has 4 rings (SSSR count). The van der Waals surface area contributed by atoms with Crippen LogP contribution in [0.5, 0.6) is 0 Å². The summed E-state index contributed by atoms with van der Waals surface area (Å²) in [5.74, 6) is -0.812. The third-order valence-electron chi connectivity index (χ3n) is 5.19. The fraction of sp³-hybridized carbons (Fsp3) is 0.250. The van der Waals surface area contributed by atoms with Crippen molar-refractivity contribution in [3.63, 3.8) is 0 Å². The number of nitrogens with zero attached hydrogens (tertiary/aromatic N) is 1. The van der Waals surface area contributed by atoms with Gasteiger partial charge in [0, 0.05) is 10.7 Å². The first kappa shape index (κ1) is 17.5. The Balaban J connectivity index is 1.53. The second-order valence-corrected chi connectivity index (χ2v) is 7.33. The second kappa shape index (κ2) is 6.39. The highest BCUT2D eigenvalue weighted by atomic mass is 35.5. The zero-order valence-corrected chi connectivity index (χ0v) is 15.5. The topological polar surface area (TPSA) is 78.5 Å². The van der Waals surface area contributed by atoms with Gasteiger partial charge in [0.15, 0.2) is 0 Å². The first-order valence-corrected chi connectivity index (χ1v) is 9.07. The van der Waals surface area contributed by atoms with Gasteiger partial charge in [-0.25, -0.2) is 4.79 Å². The van der Waals surface area contributed by atoms with Gasteiger partial charge in [-0.1, -0.05) is 35.9 Å². The van der Waals surface area contributed by atoms with E-state index < -0.39 is 17.5 Å². The molecule has 4 amide bonds. The third-order valence-corrected chi connectivity index (χ3v) is 5.42. The highest BCUT2D eigenvalue weighted by molar-refractivity contribution is 6.30. The van der Waals surface area contributed by atoms with Crippen molar-refractivity contribution >= 4 is 35.1 Å². The van der Waals surface area contributed by atoms with Crippen LogP contribution in [0.4, 0.5) is 10.5 Å². The number of halogens is 1. The quantitative estimate of drug-likeness (QED) is 0.800. The summed E-state index contributed by atoms with van der Waals surface area (Å²) in [5.41, 5.74) is 2.21. The van der Waals surface area contributed by atoms with Crippen molar-refractivity contribution < 1.29 is 14.4 Å². The van der Waals surface area contributed by atoms with Crippen molar-refractivity contribution in [1.82, 2.24) is 10.2 Å². The number of amides is 4. The number of rotatable bonds is 3. The number of benzene rings is 2. The summed E-state index contributed by atoms with van der Waals surface area (Å²) in [4.78, 5) is 38.9. The fourth-order valence-corrected chi connectivity index (χ4v) is 4.06. The molecule has 2 N–H and O–H groups in total. The lowest BCUT2D eigenvalue weighted by atomic mass is 9.92. The maximum absolute atomic E-state index is 13.0. The molecule has 1 fully saturated rings. The number of imide groups is 1. The summed E-state index contributed by atoms with van der Waals surface area (Å²) in [6, 6.07) is 12.1. The molecule has 6 nitrogen and oxygen atoms in total. The summed E-state index contributed by atoms with van der Waals surface area (Å²) in [5, 5.41) is 6.12. The molecule has 0 radical (unpaired) electrons. The predicted molar refractivity (Wildman–Crippen MR) is 102 cm³/mol. The minimum absolute atomic E-state index is 0.337. The number of urea groups is 1. The molecule has 7 heteroatoms. The van der Waals surface area contributed by atoms with Gasteiger partial charge in [-0.3, -0.25) is 14.5 Å². The largest absolute Gasteiger partial charge is 0.325 e. The van der Waals surface area contributed by atoms with E-state index in [0.717, 1.165) is 21.6 Å². The van der Waals surface area contributed by atoms with E-state index in [1.807, 2.05) is 31.2 Å². The van der Waals surface area contributed by atoms with Crippen LogP contribution in [0.2, 0.25) is 5.02 Å². The molecule has 2 aromatic carbocycles. The number of carbonyl (C=O) groups is 3. The van der Waals surface area contributed by atoms with E-state index in [4.69, 9.17) is 11.6 Å². The van der Waals surface area contributed by atoms with E-state index in [2.05, 4.69) is 10.6 Å². The van der Waals surface area contributed by atoms with Gasteiger partial charge < -0.3 is 10.6 Å². The van der Waals surface area contributed by atoms with Crippen molar-refractivity contribution in [3.05, 3.63) is 64.2 Å². The lowest BCUT2D eigenvalue weighted by Gasteiger charge is -2.22. The van der Waals surface area contributed by atoms with Crippen LogP contribution >= 0.6 is 11.6 Å². The van der Waals surface area contributed by atoms with Crippen LogP contribution in [0.1, 0.15) is 23.1 Å². The molecule has 0 aromatic heterocycles. The average Bonchev–Trinajstić information content (AvgIpc) is 3.11. The number of nitrogens with one attached hydrogen (secondary N) is 2. The van der Waals surface area contributed by atoms with Crippen LogP contribution in [0.25, 0.3) is 0 Å². The Morgan fingerprint density at radius 2 is 2.04 bits per heavy atom. The number of anilines is 1. The molecule has 1 spiro atoms. The summed E-state index contributed by atoms with van der Waals surface area (Å²) >= 11 is 5.92. The van der Waals surface area contributed by atoms with Crippen LogP contribution in [-0.4, -0.2) is 29.3 Å². The lowest BCUT2D eigenvalue weighted by Crippen LogP contribution is -2.43. The van der Waals surface area contributed by atoms with Crippen LogP contribution in [-0.2, 0) is 21.5 Å². The van der Waals surface area contributed by atoms with E-state index in [9.17, 15) is 14.4 Å². The van der Waals surface area contributed by atoms with E-state index in [0.29, 0.717) is 23.6 Å². The molecule has 1 atom stereocenters. The summed E-state index contributed by atoms with van der Waals surface area (Å²) in [7, 11) is 0. The van der Waals surface area contributed by atoms with Crippen molar-refractivity contribution in [2.45, 2.75) is 25.3 Å². The Bertz CT molecular complexity index is 975. The summed E-state index contributed by atoms with van der Waals surface area (Å²) in [6.07, 6.45) is 1.22. The van der Waals surface area contributed by atoms with Gasteiger partial charge >= 0.3 is 6.03 Å². The normalized spacial score (nSPS) is 20.7. The maximum Gasteiger partial charge on any atom is 0.325 e. The molecule has 1 aliphatic carbocycles. The van der Waals surface area contributed by atoms with E-state index in [1.165, 1.54) is 0 Å². The fourth-order valence-electron chi connectivity index (χ4n) is 3.83. The van der Waals surface area contributed by atoms with Crippen LogP contribution in [0, 0.1) is 6.92 Å². The lowest BCUT2D eigenvalue weighted by molar-refractivity contribution is -0.134. The van der Waals surface area contributed by atoms with Crippen molar-refractivity contribution in [2.75, 3.05) is 11.9 Å². The molecule has 1 aliphatic heterocycles. The van der Waals surface area contributed by atoms with Gasteiger partial charge in [0.05, 0.1) is 0 Å². The monoisotopic (exact) mass is 383 g/mol. The Morgan fingerprint density at radius 1 is 1.26 bits per heavy atom. The highest BCUT2D eigenvalue weighted by Gasteiger charge is 2.55. The number of aryl methyl sites for hydroxylation is 2. The van der Waals surface area contributed by atoms with Gasteiger partial charge in [0.2, 0.25) is 5.91 Å². The summed E-state index contributed by atoms with van der Waals surface area (Å²) in [6.45, 7) is 1.48. The summed E-state index contributed by atoms with van der Waals surface area (Å²) < 4.78 is 0. The Kier molecular flexibility index (Phi) is 4.15. The molecule has 0 saturated carbocycles. The van der Waals surface area contributed by atoms with Gasteiger partial charge in [-0.05, 0) is 54.7 Å². The number of hydrogen-bond acceptors (Lipinski definition) is 3. The zero-order chi connectivity index (χ0) is 19.2. The van der Waals surface area contributed by atoms with Crippen LogP contribution < -0.4 is 10.6 Å². The van der Waals surface area contributed by atoms with Crippen molar-refractivity contribution in [1.29, 1.82) is 0 Å². The van der Waals surface area contributed by atoms with Crippen molar-refractivity contribution in [3.8, 4) is 0 Å². The molecule has 2 aliphatic rings. The molecule has 0 bridgehead atoms.